The molecule has 0 aromatic rings. The van der Waals surface area contributed by atoms with E-state index in [2.05, 4.69) is 20.8 Å². The maximum absolute atomic E-state index is 2.32. The van der Waals surface area contributed by atoms with Gasteiger partial charge in [0.15, 0.2) is 0 Å². The fourth-order valence-corrected chi connectivity index (χ4v) is 12.8. The second-order valence-corrected chi connectivity index (χ2v) is 22.6. The van der Waals surface area contributed by atoms with E-state index in [0.717, 1.165) is 0 Å². The van der Waals surface area contributed by atoms with E-state index in [4.69, 9.17) is 0 Å². The van der Waals surface area contributed by atoms with Crippen molar-refractivity contribution < 1.29 is 0 Å². The molecule has 55 heavy (non-hydrogen) atoms. The van der Waals surface area contributed by atoms with Gasteiger partial charge in [-0.1, -0.05) is 347 Å². The third-order valence-corrected chi connectivity index (χ3v) is 17.1. The largest absolute Gasteiger partial charge is 0.0654 e. The van der Waals surface area contributed by atoms with Crippen molar-refractivity contribution in [3.05, 3.63) is 0 Å². The molecule has 0 aliphatic carbocycles. The topological polar surface area (TPSA) is 0 Å². The van der Waals surface area contributed by atoms with E-state index >= 15 is 0 Å². The van der Waals surface area contributed by atoms with E-state index in [0.29, 0.717) is 0 Å². The normalized spacial score (nSPS) is 11.8. The molecule has 0 heterocycles. The summed E-state index contributed by atoms with van der Waals surface area (Å²) in [6.07, 6.45) is 71.8. The number of hydrogen-bond donors (Lipinski definition) is 0. The fourth-order valence-electron chi connectivity index (χ4n) is 9.38. The minimum atomic E-state index is -0.513. The van der Waals surface area contributed by atoms with Crippen LogP contribution in [0.3, 0.4) is 0 Å². The van der Waals surface area contributed by atoms with Crippen molar-refractivity contribution in [3.8, 4) is 0 Å². The zero-order valence-corrected chi connectivity index (χ0v) is 40.8. The maximum atomic E-state index is 2.32. The van der Waals surface area contributed by atoms with Crippen LogP contribution in [0.15, 0.2) is 0 Å². The minimum absolute atomic E-state index is 0.513. The summed E-state index contributed by atoms with van der Waals surface area (Å²) in [5.74, 6) is 0. The standard InChI is InChI=1S/C54H112Si/c1-4-7-10-13-16-19-22-25-28-31-34-37-40-43-46-49-52-55(53-50-47-44-41-38-35-32-29-26-23-20-17-14-11-8-5-2)54-51-48-45-42-39-36-33-30-27-24-21-18-15-12-9-6-3/h55H,4-54H2,1-3H3. The van der Waals surface area contributed by atoms with Crippen LogP contribution in [0.2, 0.25) is 18.1 Å². The first kappa shape index (κ1) is 55.2. The molecule has 0 bridgehead atoms. The van der Waals surface area contributed by atoms with Crippen LogP contribution in [-0.2, 0) is 0 Å². The lowest BCUT2D eigenvalue weighted by atomic mass is 10.0. The Morgan fingerprint density at radius 1 is 0.145 bits per heavy atom. The zero-order valence-electron chi connectivity index (χ0n) is 39.6. The van der Waals surface area contributed by atoms with Crippen molar-refractivity contribution in [2.75, 3.05) is 0 Å². The molecule has 0 aliphatic rings. The lowest BCUT2D eigenvalue weighted by molar-refractivity contribution is 0.530. The molecule has 0 nitrogen and oxygen atoms in total. The molecule has 0 spiro atoms. The third kappa shape index (κ3) is 50.3. The van der Waals surface area contributed by atoms with Crippen LogP contribution in [0.5, 0.6) is 0 Å². The quantitative estimate of drug-likeness (QED) is 0.0425. The molecule has 0 N–H and O–H groups in total. The molecule has 0 aliphatic heterocycles. The Morgan fingerprint density at radius 2 is 0.255 bits per heavy atom. The second kappa shape index (κ2) is 52.2. The maximum Gasteiger partial charge on any atom is 0.0367 e. The molecule has 0 aromatic carbocycles. The van der Waals surface area contributed by atoms with Gasteiger partial charge in [-0.05, 0) is 0 Å². The van der Waals surface area contributed by atoms with Gasteiger partial charge in [0.05, 0.1) is 0 Å². The molecular weight excluding hydrogens is 677 g/mol. The van der Waals surface area contributed by atoms with Crippen LogP contribution in [0, 0.1) is 0 Å². The van der Waals surface area contributed by atoms with Crippen molar-refractivity contribution in [1.82, 2.24) is 0 Å². The molecule has 0 saturated heterocycles. The van der Waals surface area contributed by atoms with Gasteiger partial charge in [0.1, 0.15) is 0 Å². The van der Waals surface area contributed by atoms with Gasteiger partial charge in [-0.2, -0.15) is 0 Å². The number of unbranched alkanes of at least 4 members (excludes halogenated alkanes) is 45. The average Bonchev–Trinajstić information content (AvgIpc) is 3.20. The van der Waals surface area contributed by atoms with E-state index in [1.807, 2.05) is 0 Å². The van der Waals surface area contributed by atoms with Gasteiger partial charge in [0.25, 0.3) is 0 Å². The minimum Gasteiger partial charge on any atom is -0.0654 e. The molecular formula is C54H112Si. The zero-order chi connectivity index (χ0) is 39.6. The summed E-state index contributed by atoms with van der Waals surface area (Å²) < 4.78 is 0. The van der Waals surface area contributed by atoms with Crippen LogP contribution in [0.25, 0.3) is 0 Å². The third-order valence-electron chi connectivity index (χ3n) is 13.4. The first-order valence-electron chi connectivity index (χ1n) is 27.3. The van der Waals surface area contributed by atoms with Gasteiger partial charge in [-0.3, -0.25) is 0 Å². The van der Waals surface area contributed by atoms with Crippen LogP contribution in [0.1, 0.15) is 329 Å². The molecule has 0 fully saturated rings. The summed E-state index contributed by atoms with van der Waals surface area (Å²) in [5.41, 5.74) is 0. The lowest BCUT2D eigenvalue weighted by Crippen LogP contribution is -2.12. The molecule has 1 heteroatoms. The van der Waals surface area contributed by atoms with Crippen molar-refractivity contribution >= 4 is 8.80 Å². The van der Waals surface area contributed by atoms with E-state index in [1.165, 1.54) is 270 Å². The Balaban J connectivity index is 3.94. The van der Waals surface area contributed by atoms with E-state index in [1.54, 1.807) is 56.7 Å². The average molecular weight is 790 g/mol. The highest BCUT2D eigenvalue weighted by molar-refractivity contribution is 6.58. The van der Waals surface area contributed by atoms with Crippen molar-refractivity contribution in [2.45, 2.75) is 347 Å². The van der Waals surface area contributed by atoms with Gasteiger partial charge in [-0.15, -0.1) is 0 Å². The summed E-state index contributed by atoms with van der Waals surface area (Å²) in [6.45, 7) is 6.97. The Hall–Kier alpha value is 0.217. The first-order valence-corrected chi connectivity index (χ1v) is 29.8. The molecule has 0 atom stereocenters. The van der Waals surface area contributed by atoms with Crippen molar-refractivity contribution in [1.29, 1.82) is 0 Å². The van der Waals surface area contributed by atoms with Gasteiger partial charge in [0, 0.05) is 8.80 Å². The molecule has 332 valence electrons. The Labute approximate surface area is 354 Å². The highest BCUT2D eigenvalue weighted by Crippen LogP contribution is 2.22. The lowest BCUT2D eigenvalue weighted by Gasteiger charge is -2.15. The molecule has 0 unspecified atom stereocenters. The predicted octanol–water partition coefficient (Wildman–Crippen LogP) is 21.0. The molecule has 0 amide bonds. The fraction of sp³-hybridized carbons (Fsp3) is 1.00. The summed E-state index contributed by atoms with van der Waals surface area (Å²) in [4.78, 5) is 0. The smallest absolute Gasteiger partial charge is 0.0367 e. The van der Waals surface area contributed by atoms with Crippen molar-refractivity contribution in [3.63, 3.8) is 0 Å². The summed E-state index contributed by atoms with van der Waals surface area (Å²) in [7, 11) is -0.513. The molecule has 0 saturated carbocycles. The van der Waals surface area contributed by atoms with Crippen LogP contribution >= 0.6 is 0 Å². The highest BCUT2D eigenvalue weighted by Gasteiger charge is 2.10. The van der Waals surface area contributed by atoms with Crippen molar-refractivity contribution in [2.24, 2.45) is 0 Å². The molecule has 0 aromatic heterocycles. The van der Waals surface area contributed by atoms with Crippen LogP contribution in [0.4, 0.5) is 0 Å². The van der Waals surface area contributed by atoms with Gasteiger partial charge >= 0.3 is 0 Å². The molecule has 0 radical (unpaired) electrons. The molecule has 0 rings (SSSR count). The summed E-state index contributed by atoms with van der Waals surface area (Å²) in [5, 5.41) is 0. The SMILES string of the molecule is CCCCCCCCCCCCCCCCCC[SiH](CCCCCCCCCCCCCCCCCC)CCCCCCCCCCCCCCCCCC. The predicted molar refractivity (Wildman–Crippen MR) is 260 cm³/mol. The number of hydrogen-bond acceptors (Lipinski definition) is 0. The Bertz CT molecular complexity index is 543. The monoisotopic (exact) mass is 789 g/mol. The van der Waals surface area contributed by atoms with Crippen LogP contribution in [-0.4, -0.2) is 8.80 Å². The number of rotatable bonds is 51. The van der Waals surface area contributed by atoms with E-state index in [-0.39, 0.29) is 0 Å². The Kier molecular flexibility index (Phi) is 52.4. The van der Waals surface area contributed by atoms with Gasteiger partial charge in [0.2, 0.25) is 0 Å². The first-order chi connectivity index (χ1) is 27.3. The summed E-state index contributed by atoms with van der Waals surface area (Å²) >= 11 is 0. The second-order valence-electron chi connectivity index (χ2n) is 19.1. The van der Waals surface area contributed by atoms with Gasteiger partial charge in [-0.25, -0.2) is 0 Å². The van der Waals surface area contributed by atoms with E-state index < -0.39 is 8.80 Å². The van der Waals surface area contributed by atoms with Crippen LogP contribution < -0.4 is 0 Å². The highest BCUT2D eigenvalue weighted by atomic mass is 28.3. The van der Waals surface area contributed by atoms with Gasteiger partial charge < -0.3 is 0 Å². The van der Waals surface area contributed by atoms with E-state index in [9.17, 15) is 0 Å². The Morgan fingerprint density at radius 3 is 0.382 bits per heavy atom. The summed E-state index contributed by atoms with van der Waals surface area (Å²) in [6, 6.07) is 5.03.